The van der Waals surface area contributed by atoms with E-state index in [9.17, 15) is 0 Å². The van der Waals surface area contributed by atoms with Gasteiger partial charge in [-0.3, -0.25) is 0 Å². The van der Waals surface area contributed by atoms with Crippen LogP contribution in [0.15, 0.2) is 49.1 Å². The number of morpholine rings is 1. The summed E-state index contributed by atoms with van der Waals surface area (Å²) in [5.41, 5.74) is 7.23. The number of hydrogen-bond donors (Lipinski definition) is 1. The van der Waals surface area contributed by atoms with E-state index in [4.69, 9.17) is 4.74 Å². The van der Waals surface area contributed by atoms with E-state index in [0.717, 1.165) is 79.4 Å². The molecule has 1 fully saturated rings. The summed E-state index contributed by atoms with van der Waals surface area (Å²) >= 11 is 0. The van der Waals surface area contributed by atoms with Gasteiger partial charge in [-0.2, -0.15) is 0 Å². The van der Waals surface area contributed by atoms with Gasteiger partial charge in [0.05, 0.1) is 35.8 Å². The molecule has 0 saturated carbocycles. The van der Waals surface area contributed by atoms with E-state index in [1.807, 2.05) is 18.2 Å². The predicted molar refractivity (Wildman–Crippen MR) is 133 cm³/mol. The van der Waals surface area contributed by atoms with Crippen LogP contribution in [0.5, 0.6) is 0 Å². The Hall–Kier alpha value is -3.49. The number of hydrogen-bond acceptors (Lipinski definition) is 7. The molecule has 2 aliphatic rings. The molecule has 0 bridgehead atoms. The number of benzene rings is 2. The maximum Gasteiger partial charge on any atom is 0.132 e. The van der Waals surface area contributed by atoms with Crippen molar-refractivity contribution in [3.05, 3.63) is 77.4 Å². The van der Waals surface area contributed by atoms with Crippen LogP contribution in [0.1, 0.15) is 35.4 Å². The Morgan fingerprint density at radius 1 is 1.00 bits per heavy atom. The van der Waals surface area contributed by atoms with Crippen LogP contribution in [-0.2, 0) is 17.7 Å². The van der Waals surface area contributed by atoms with Gasteiger partial charge in [-0.15, -0.1) is 0 Å². The number of nitrogens with zero attached hydrogens (tertiary/aromatic N) is 5. The molecule has 2 aliphatic heterocycles. The Morgan fingerprint density at radius 2 is 1.86 bits per heavy atom. The maximum atomic E-state index is 15.2. The van der Waals surface area contributed by atoms with Crippen molar-refractivity contribution in [1.82, 2.24) is 25.3 Å². The molecule has 35 heavy (non-hydrogen) atoms. The van der Waals surface area contributed by atoms with Crippen LogP contribution >= 0.6 is 0 Å². The third kappa shape index (κ3) is 4.13. The maximum absolute atomic E-state index is 15.2. The van der Waals surface area contributed by atoms with E-state index in [0.29, 0.717) is 11.3 Å². The highest BCUT2D eigenvalue weighted by Gasteiger charge is 2.22. The Balaban J connectivity index is 1.39. The molecule has 0 radical (unpaired) electrons. The lowest BCUT2D eigenvalue weighted by Crippen LogP contribution is -2.36. The quantitative estimate of drug-likeness (QED) is 0.485. The van der Waals surface area contributed by atoms with Crippen molar-refractivity contribution in [2.45, 2.75) is 25.8 Å². The topological polar surface area (TPSA) is 76.1 Å². The van der Waals surface area contributed by atoms with Crippen LogP contribution in [0.4, 0.5) is 10.1 Å². The fraction of sp³-hybridized carbons (Fsp3) is 0.333. The number of nitrogens with one attached hydrogen (secondary N) is 1. The lowest BCUT2D eigenvalue weighted by atomic mass is 9.89. The van der Waals surface area contributed by atoms with Crippen LogP contribution in [0, 0.1) is 5.82 Å². The van der Waals surface area contributed by atoms with E-state index < -0.39 is 0 Å². The minimum absolute atomic E-state index is 0.00484. The van der Waals surface area contributed by atoms with E-state index in [2.05, 4.69) is 49.2 Å². The Kier molecular flexibility index (Phi) is 5.83. The molecule has 2 aromatic carbocycles. The second kappa shape index (κ2) is 9.28. The van der Waals surface area contributed by atoms with Crippen molar-refractivity contribution in [2.75, 3.05) is 37.7 Å². The van der Waals surface area contributed by atoms with Gasteiger partial charge in [-0.1, -0.05) is 13.0 Å². The van der Waals surface area contributed by atoms with Crippen molar-refractivity contribution < 1.29 is 9.13 Å². The Morgan fingerprint density at radius 3 is 2.74 bits per heavy atom. The van der Waals surface area contributed by atoms with E-state index in [1.54, 1.807) is 6.33 Å². The molecular weight excluding hydrogens is 443 g/mol. The molecule has 1 atom stereocenters. The highest BCUT2D eigenvalue weighted by atomic mass is 19.1. The van der Waals surface area contributed by atoms with Crippen LogP contribution in [0.3, 0.4) is 0 Å². The van der Waals surface area contributed by atoms with Gasteiger partial charge in [0.2, 0.25) is 0 Å². The van der Waals surface area contributed by atoms with Gasteiger partial charge in [0.1, 0.15) is 18.5 Å². The van der Waals surface area contributed by atoms with E-state index >= 15 is 4.39 Å². The normalized spacial score (nSPS) is 16.8. The summed E-state index contributed by atoms with van der Waals surface area (Å²) in [4.78, 5) is 20.4. The summed E-state index contributed by atoms with van der Waals surface area (Å²) in [6, 6.07) is 11.4. The van der Waals surface area contributed by atoms with Gasteiger partial charge in [0.25, 0.3) is 0 Å². The molecule has 6 rings (SSSR count). The summed E-state index contributed by atoms with van der Waals surface area (Å²) < 4.78 is 20.6. The molecule has 4 aromatic rings. The smallest absolute Gasteiger partial charge is 0.132 e. The highest BCUT2D eigenvalue weighted by Crippen LogP contribution is 2.34. The zero-order valence-corrected chi connectivity index (χ0v) is 19.7. The third-order valence-corrected chi connectivity index (χ3v) is 7.06. The highest BCUT2D eigenvalue weighted by molar-refractivity contribution is 5.94. The average Bonchev–Trinajstić information content (AvgIpc) is 2.92. The van der Waals surface area contributed by atoms with E-state index in [1.165, 1.54) is 18.0 Å². The van der Waals surface area contributed by atoms with Crippen LogP contribution in [-0.4, -0.2) is 52.8 Å². The number of ether oxygens (including phenoxy) is 1. The summed E-state index contributed by atoms with van der Waals surface area (Å²) in [5.74, 6) is -0.294. The van der Waals surface area contributed by atoms with Gasteiger partial charge in [0.15, 0.2) is 0 Å². The van der Waals surface area contributed by atoms with Gasteiger partial charge < -0.3 is 15.0 Å². The lowest BCUT2D eigenvalue weighted by Gasteiger charge is -2.29. The standard InChI is InChI=1S/C27H27FN6O/c1-17(26-21-6-7-29-14-25(21)31-16-32-26)18-2-5-23(28)22(12-18)27-20-4-3-19(13-24(20)30-15-33-27)34-8-10-35-11-9-34/h2-5,12-13,15-17,29H,6-11,14H2,1H3. The molecule has 0 aliphatic carbocycles. The third-order valence-electron chi connectivity index (χ3n) is 7.06. The predicted octanol–water partition coefficient (Wildman–Crippen LogP) is 3.86. The molecule has 1 N–H and O–H groups in total. The zero-order chi connectivity index (χ0) is 23.8. The molecule has 4 heterocycles. The van der Waals surface area contributed by atoms with Crippen LogP contribution in [0.25, 0.3) is 22.2 Å². The molecule has 8 heteroatoms. The van der Waals surface area contributed by atoms with Gasteiger partial charge >= 0.3 is 0 Å². The number of anilines is 1. The second-order valence-corrected chi connectivity index (χ2v) is 9.10. The van der Waals surface area contributed by atoms with Crippen molar-refractivity contribution in [1.29, 1.82) is 0 Å². The van der Waals surface area contributed by atoms with Crippen molar-refractivity contribution >= 4 is 16.6 Å². The van der Waals surface area contributed by atoms with Crippen LogP contribution in [0.2, 0.25) is 0 Å². The summed E-state index contributed by atoms with van der Waals surface area (Å²) in [7, 11) is 0. The monoisotopic (exact) mass is 470 g/mol. The molecule has 1 saturated heterocycles. The SMILES string of the molecule is CC(c1ccc(F)c(-c2ncnc3cc(N4CCOCC4)ccc23)c1)c1ncnc2c1CCNC2. The first kappa shape index (κ1) is 22.0. The largest absolute Gasteiger partial charge is 0.378 e. The molecule has 1 unspecified atom stereocenters. The Bertz CT molecular complexity index is 1390. The van der Waals surface area contributed by atoms with Crippen molar-refractivity contribution in [3.8, 4) is 11.3 Å². The first-order valence-corrected chi connectivity index (χ1v) is 12.1. The first-order chi connectivity index (χ1) is 17.2. The number of rotatable bonds is 4. The Labute approximate surface area is 203 Å². The average molecular weight is 471 g/mol. The molecule has 178 valence electrons. The molecule has 7 nitrogen and oxygen atoms in total. The zero-order valence-electron chi connectivity index (χ0n) is 19.7. The summed E-state index contributed by atoms with van der Waals surface area (Å²) in [6.07, 6.45) is 4.04. The molecule has 0 spiro atoms. The van der Waals surface area contributed by atoms with Gasteiger partial charge in [0, 0.05) is 42.2 Å². The van der Waals surface area contributed by atoms with Crippen molar-refractivity contribution in [2.24, 2.45) is 0 Å². The summed E-state index contributed by atoms with van der Waals surface area (Å²) in [5, 5.41) is 4.20. The number of aromatic nitrogens is 4. The minimum atomic E-state index is -0.299. The number of fused-ring (bicyclic) bond motifs is 2. The van der Waals surface area contributed by atoms with Gasteiger partial charge in [-0.25, -0.2) is 24.3 Å². The van der Waals surface area contributed by atoms with Gasteiger partial charge in [-0.05, 0) is 54.4 Å². The second-order valence-electron chi connectivity index (χ2n) is 9.10. The number of halogens is 1. The van der Waals surface area contributed by atoms with Crippen LogP contribution < -0.4 is 10.2 Å². The molecular formula is C27H27FN6O. The van der Waals surface area contributed by atoms with Crippen molar-refractivity contribution in [3.63, 3.8) is 0 Å². The summed E-state index contributed by atoms with van der Waals surface area (Å²) in [6.45, 7) is 6.92. The molecule has 2 aromatic heterocycles. The minimum Gasteiger partial charge on any atom is -0.378 e. The fourth-order valence-corrected chi connectivity index (χ4v) is 5.11. The molecule has 0 amide bonds. The lowest BCUT2D eigenvalue weighted by molar-refractivity contribution is 0.122. The van der Waals surface area contributed by atoms with E-state index in [-0.39, 0.29) is 11.7 Å². The first-order valence-electron chi connectivity index (χ1n) is 12.1. The fourth-order valence-electron chi connectivity index (χ4n) is 5.11.